The summed E-state index contributed by atoms with van der Waals surface area (Å²) < 4.78 is 0. The van der Waals surface area contributed by atoms with Crippen molar-refractivity contribution >= 4 is 35.8 Å². The van der Waals surface area contributed by atoms with Crippen LogP contribution in [0.25, 0.3) is 0 Å². The molecule has 0 spiro atoms. The van der Waals surface area contributed by atoms with Gasteiger partial charge in [-0.15, -0.1) is 24.0 Å². The predicted molar refractivity (Wildman–Crippen MR) is 136 cm³/mol. The van der Waals surface area contributed by atoms with E-state index in [2.05, 4.69) is 36.9 Å². The molecular weight excluding hydrogens is 503 g/mol. The van der Waals surface area contributed by atoms with Gasteiger partial charge in [0.1, 0.15) is 0 Å². The number of halogens is 1. The summed E-state index contributed by atoms with van der Waals surface area (Å²) in [6, 6.07) is 14.2. The van der Waals surface area contributed by atoms with Crippen LogP contribution in [-0.4, -0.2) is 61.5 Å². The number of aromatic nitrogens is 1. The Hall–Kier alpha value is -2.20. The third kappa shape index (κ3) is 8.10. The van der Waals surface area contributed by atoms with Crippen LogP contribution in [-0.2, 0) is 13.0 Å². The SMILES string of the molecule is CN=C(NCCc1cccc(C(=O)NC)c1)NC1CCN(Cc2ccccn2)CC1.I. The van der Waals surface area contributed by atoms with E-state index in [0.717, 1.165) is 62.7 Å². The zero-order valence-corrected chi connectivity index (χ0v) is 20.6. The number of nitrogens with one attached hydrogen (secondary N) is 3. The maximum atomic E-state index is 11.8. The molecule has 0 aliphatic carbocycles. The zero-order chi connectivity index (χ0) is 21.2. The average molecular weight is 536 g/mol. The van der Waals surface area contributed by atoms with E-state index in [4.69, 9.17) is 0 Å². The monoisotopic (exact) mass is 536 g/mol. The second-order valence-electron chi connectivity index (χ2n) is 7.54. The Balaban J connectivity index is 0.00000341. The van der Waals surface area contributed by atoms with E-state index < -0.39 is 0 Å². The standard InChI is InChI=1S/C23H32N6O.HI/c1-24-22(30)19-7-5-6-18(16-19)9-13-27-23(25-2)28-20-10-14-29(15-11-20)17-21-8-3-4-12-26-21;/h3-8,12,16,20H,9-11,13-15,17H2,1-2H3,(H,24,30)(H2,25,27,28);1H. The number of nitrogens with zero attached hydrogens (tertiary/aromatic N) is 3. The highest BCUT2D eigenvalue weighted by atomic mass is 127. The van der Waals surface area contributed by atoms with Gasteiger partial charge in [-0.05, 0) is 49.1 Å². The predicted octanol–water partition coefficient (Wildman–Crippen LogP) is 2.43. The minimum absolute atomic E-state index is 0. The molecule has 3 N–H and O–H groups in total. The molecular formula is C23H33IN6O. The number of guanidine groups is 1. The number of carbonyl (C=O) groups is 1. The minimum atomic E-state index is -0.0586. The summed E-state index contributed by atoms with van der Waals surface area (Å²) >= 11 is 0. The number of pyridine rings is 1. The van der Waals surface area contributed by atoms with Crippen molar-refractivity contribution in [2.75, 3.05) is 33.7 Å². The van der Waals surface area contributed by atoms with Crippen molar-refractivity contribution in [1.29, 1.82) is 0 Å². The van der Waals surface area contributed by atoms with Crippen molar-refractivity contribution in [2.24, 2.45) is 4.99 Å². The van der Waals surface area contributed by atoms with Crippen LogP contribution in [0.1, 0.15) is 34.5 Å². The van der Waals surface area contributed by atoms with Gasteiger partial charge in [0.2, 0.25) is 0 Å². The van der Waals surface area contributed by atoms with Crippen LogP contribution in [0.15, 0.2) is 53.7 Å². The number of carbonyl (C=O) groups excluding carboxylic acids is 1. The smallest absolute Gasteiger partial charge is 0.251 e. The maximum absolute atomic E-state index is 11.8. The lowest BCUT2D eigenvalue weighted by molar-refractivity contribution is 0.0963. The normalized spacial score (nSPS) is 15.1. The molecule has 1 aliphatic heterocycles. The van der Waals surface area contributed by atoms with Crippen LogP contribution < -0.4 is 16.0 Å². The Morgan fingerprint density at radius 1 is 1.19 bits per heavy atom. The molecule has 1 saturated heterocycles. The molecule has 31 heavy (non-hydrogen) atoms. The molecule has 0 atom stereocenters. The van der Waals surface area contributed by atoms with Crippen LogP contribution in [0.5, 0.6) is 0 Å². The summed E-state index contributed by atoms with van der Waals surface area (Å²) in [5, 5.41) is 9.60. The highest BCUT2D eigenvalue weighted by molar-refractivity contribution is 14.0. The quantitative estimate of drug-likeness (QED) is 0.288. The van der Waals surface area contributed by atoms with Gasteiger partial charge in [0.25, 0.3) is 5.91 Å². The van der Waals surface area contributed by atoms with Gasteiger partial charge < -0.3 is 16.0 Å². The molecule has 1 fully saturated rings. The first-order valence-electron chi connectivity index (χ1n) is 10.6. The van der Waals surface area contributed by atoms with Crippen LogP contribution in [0, 0.1) is 0 Å². The summed E-state index contributed by atoms with van der Waals surface area (Å²) in [6.45, 7) is 3.78. The van der Waals surface area contributed by atoms with Gasteiger partial charge in [0.05, 0.1) is 5.69 Å². The second kappa shape index (κ2) is 13.3. The Labute approximate surface area is 202 Å². The number of piperidine rings is 1. The maximum Gasteiger partial charge on any atom is 0.251 e. The Bertz CT molecular complexity index is 837. The van der Waals surface area contributed by atoms with E-state index >= 15 is 0 Å². The van der Waals surface area contributed by atoms with E-state index in [1.807, 2.05) is 42.6 Å². The van der Waals surface area contributed by atoms with E-state index in [1.165, 1.54) is 0 Å². The van der Waals surface area contributed by atoms with Crippen LogP contribution in [0.2, 0.25) is 0 Å². The molecule has 1 aliphatic rings. The summed E-state index contributed by atoms with van der Waals surface area (Å²) in [5.74, 6) is 0.775. The van der Waals surface area contributed by atoms with Crippen molar-refractivity contribution < 1.29 is 4.79 Å². The number of aliphatic imine (C=N–C) groups is 1. The third-order valence-electron chi connectivity index (χ3n) is 5.39. The average Bonchev–Trinajstić information content (AvgIpc) is 2.80. The summed E-state index contributed by atoms with van der Waals surface area (Å²) in [5.41, 5.74) is 2.94. The largest absolute Gasteiger partial charge is 0.356 e. The van der Waals surface area contributed by atoms with Gasteiger partial charge in [-0.2, -0.15) is 0 Å². The molecule has 3 rings (SSSR count). The Morgan fingerprint density at radius 3 is 2.68 bits per heavy atom. The number of amides is 1. The number of rotatable bonds is 7. The van der Waals surface area contributed by atoms with Crippen molar-refractivity contribution in [3.05, 3.63) is 65.5 Å². The summed E-state index contributed by atoms with van der Waals surface area (Å²) in [4.78, 5) is 23.0. The lowest BCUT2D eigenvalue weighted by Gasteiger charge is -2.32. The molecule has 0 bridgehead atoms. The van der Waals surface area contributed by atoms with Crippen LogP contribution in [0.3, 0.4) is 0 Å². The lowest BCUT2D eigenvalue weighted by atomic mass is 10.0. The molecule has 168 valence electrons. The molecule has 2 aromatic rings. The first kappa shape index (κ1) is 25.1. The van der Waals surface area contributed by atoms with E-state index in [0.29, 0.717) is 11.6 Å². The molecule has 0 unspecified atom stereocenters. The van der Waals surface area contributed by atoms with Gasteiger partial charge in [-0.25, -0.2) is 0 Å². The summed E-state index contributed by atoms with van der Waals surface area (Å²) in [6.07, 6.45) is 4.85. The lowest BCUT2D eigenvalue weighted by Crippen LogP contribution is -2.48. The molecule has 1 aromatic heterocycles. The van der Waals surface area contributed by atoms with Crippen LogP contribution >= 0.6 is 24.0 Å². The fourth-order valence-corrected chi connectivity index (χ4v) is 3.68. The topological polar surface area (TPSA) is 81.6 Å². The van der Waals surface area contributed by atoms with E-state index in [1.54, 1.807) is 14.1 Å². The first-order chi connectivity index (χ1) is 14.7. The Kier molecular flexibility index (Phi) is 10.7. The van der Waals surface area contributed by atoms with Crippen molar-refractivity contribution in [1.82, 2.24) is 25.8 Å². The number of hydrogen-bond acceptors (Lipinski definition) is 4. The molecule has 1 aromatic carbocycles. The summed E-state index contributed by atoms with van der Waals surface area (Å²) in [7, 11) is 3.45. The van der Waals surface area contributed by atoms with Crippen LogP contribution in [0.4, 0.5) is 0 Å². The third-order valence-corrected chi connectivity index (χ3v) is 5.39. The van der Waals surface area contributed by atoms with Crippen molar-refractivity contribution in [3.8, 4) is 0 Å². The van der Waals surface area contributed by atoms with Gasteiger partial charge >= 0.3 is 0 Å². The second-order valence-corrected chi connectivity index (χ2v) is 7.54. The number of benzene rings is 1. The fraction of sp³-hybridized carbons (Fsp3) is 0.435. The van der Waals surface area contributed by atoms with Gasteiger partial charge in [-0.1, -0.05) is 18.2 Å². The van der Waals surface area contributed by atoms with Gasteiger partial charge in [0.15, 0.2) is 5.96 Å². The first-order valence-corrected chi connectivity index (χ1v) is 10.6. The van der Waals surface area contributed by atoms with Crippen molar-refractivity contribution in [2.45, 2.75) is 31.8 Å². The molecule has 8 heteroatoms. The Morgan fingerprint density at radius 2 is 2.00 bits per heavy atom. The van der Waals surface area contributed by atoms with Gasteiger partial charge in [-0.3, -0.25) is 19.7 Å². The van der Waals surface area contributed by atoms with Gasteiger partial charge in [0, 0.05) is 58.1 Å². The van der Waals surface area contributed by atoms with E-state index in [-0.39, 0.29) is 29.9 Å². The highest BCUT2D eigenvalue weighted by Crippen LogP contribution is 2.13. The van der Waals surface area contributed by atoms with Crippen molar-refractivity contribution in [3.63, 3.8) is 0 Å². The molecule has 1 amide bonds. The number of likely N-dealkylation sites (tertiary alicyclic amines) is 1. The fourth-order valence-electron chi connectivity index (χ4n) is 3.68. The molecule has 2 heterocycles. The highest BCUT2D eigenvalue weighted by Gasteiger charge is 2.20. The molecule has 0 saturated carbocycles. The molecule has 7 nitrogen and oxygen atoms in total. The minimum Gasteiger partial charge on any atom is -0.356 e. The molecule has 0 radical (unpaired) electrons. The zero-order valence-electron chi connectivity index (χ0n) is 18.3. The number of hydrogen-bond donors (Lipinski definition) is 3. The van der Waals surface area contributed by atoms with E-state index in [9.17, 15) is 4.79 Å².